The van der Waals surface area contributed by atoms with Crippen molar-refractivity contribution in [1.82, 2.24) is 0 Å². The van der Waals surface area contributed by atoms with Gasteiger partial charge in [0.05, 0.1) is 6.61 Å². The number of hydrogen-bond donors (Lipinski definition) is 1. The van der Waals surface area contributed by atoms with Crippen LogP contribution in [0, 0.1) is 11.3 Å². The van der Waals surface area contributed by atoms with Crippen molar-refractivity contribution in [2.24, 2.45) is 17.1 Å². The van der Waals surface area contributed by atoms with E-state index in [9.17, 15) is 0 Å². The fourth-order valence-corrected chi connectivity index (χ4v) is 3.23. The van der Waals surface area contributed by atoms with Crippen molar-refractivity contribution < 1.29 is 4.74 Å². The lowest BCUT2D eigenvalue weighted by Crippen LogP contribution is -2.29. The zero-order valence-corrected chi connectivity index (χ0v) is 11.8. The average molecular weight is 247 g/mol. The van der Waals surface area contributed by atoms with Crippen LogP contribution in [0.4, 0.5) is 0 Å². The fourth-order valence-electron chi connectivity index (χ4n) is 3.23. The summed E-state index contributed by atoms with van der Waals surface area (Å²) in [5.41, 5.74) is 8.06. The summed E-state index contributed by atoms with van der Waals surface area (Å²) in [6.45, 7) is 7.40. The van der Waals surface area contributed by atoms with Gasteiger partial charge in [-0.05, 0) is 48.8 Å². The van der Waals surface area contributed by atoms with E-state index in [0.29, 0.717) is 17.9 Å². The third-order valence-corrected chi connectivity index (χ3v) is 4.33. The summed E-state index contributed by atoms with van der Waals surface area (Å²) in [5.74, 6) is 1.51. The van der Waals surface area contributed by atoms with Crippen LogP contribution in [0.2, 0.25) is 0 Å². The van der Waals surface area contributed by atoms with Crippen LogP contribution in [0.15, 0.2) is 24.3 Å². The molecule has 100 valence electrons. The molecule has 2 heteroatoms. The van der Waals surface area contributed by atoms with E-state index in [-0.39, 0.29) is 6.04 Å². The van der Waals surface area contributed by atoms with Crippen molar-refractivity contribution >= 4 is 0 Å². The van der Waals surface area contributed by atoms with Gasteiger partial charge in [-0.2, -0.15) is 0 Å². The van der Waals surface area contributed by atoms with Crippen LogP contribution in [0.3, 0.4) is 0 Å². The quantitative estimate of drug-likeness (QED) is 0.875. The van der Waals surface area contributed by atoms with Gasteiger partial charge in [0.1, 0.15) is 5.75 Å². The summed E-state index contributed by atoms with van der Waals surface area (Å²) >= 11 is 0. The maximum atomic E-state index is 6.49. The first-order chi connectivity index (χ1) is 8.54. The van der Waals surface area contributed by atoms with Crippen molar-refractivity contribution in [2.75, 3.05) is 6.61 Å². The van der Waals surface area contributed by atoms with Gasteiger partial charge in [0, 0.05) is 6.04 Å². The largest absolute Gasteiger partial charge is 0.494 e. The Kier molecular flexibility index (Phi) is 3.96. The molecule has 18 heavy (non-hydrogen) atoms. The molecule has 0 heterocycles. The Morgan fingerprint density at radius 2 is 2.22 bits per heavy atom. The normalized spacial score (nSPS) is 23.9. The SMILES string of the molecule is CCOc1cccc(C(N)C2CCCC2(C)C)c1. The van der Waals surface area contributed by atoms with E-state index in [1.54, 1.807) is 0 Å². The molecule has 2 N–H and O–H groups in total. The lowest BCUT2D eigenvalue weighted by Gasteiger charge is -2.32. The van der Waals surface area contributed by atoms with Crippen LogP contribution in [0.25, 0.3) is 0 Å². The van der Waals surface area contributed by atoms with E-state index in [4.69, 9.17) is 10.5 Å². The van der Waals surface area contributed by atoms with Crippen LogP contribution in [0.1, 0.15) is 51.6 Å². The number of nitrogens with two attached hydrogens (primary N) is 1. The summed E-state index contributed by atoms with van der Waals surface area (Å²) in [7, 11) is 0. The number of ether oxygens (including phenoxy) is 1. The minimum absolute atomic E-state index is 0.128. The molecule has 0 aliphatic heterocycles. The molecule has 1 aliphatic carbocycles. The molecule has 0 spiro atoms. The molecule has 0 radical (unpaired) electrons. The van der Waals surface area contributed by atoms with Gasteiger partial charge in [0.15, 0.2) is 0 Å². The fraction of sp³-hybridized carbons (Fsp3) is 0.625. The third kappa shape index (κ3) is 2.69. The van der Waals surface area contributed by atoms with Gasteiger partial charge < -0.3 is 10.5 Å². The Balaban J connectivity index is 2.17. The first kappa shape index (κ1) is 13.4. The molecular weight excluding hydrogens is 222 g/mol. The van der Waals surface area contributed by atoms with Crippen molar-refractivity contribution in [3.8, 4) is 5.75 Å². The summed E-state index contributed by atoms with van der Waals surface area (Å²) in [6, 6.07) is 8.40. The molecule has 1 fully saturated rings. The highest BCUT2D eigenvalue weighted by molar-refractivity contribution is 5.31. The van der Waals surface area contributed by atoms with Gasteiger partial charge in [-0.3, -0.25) is 0 Å². The van der Waals surface area contributed by atoms with Crippen LogP contribution < -0.4 is 10.5 Å². The lowest BCUT2D eigenvalue weighted by molar-refractivity contribution is 0.221. The van der Waals surface area contributed by atoms with Gasteiger partial charge in [-0.25, -0.2) is 0 Å². The molecule has 2 atom stereocenters. The Hall–Kier alpha value is -1.02. The number of benzene rings is 1. The van der Waals surface area contributed by atoms with E-state index in [1.807, 2.05) is 19.1 Å². The maximum absolute atomic E-state index is 6.49. The Labute approximate surface area is 111 Å². The highest BCUT2D eigenvalue weighted by Gasteiger charge is 2.38. The molecule has 1 aromatic carbocycles. The third-order valence-electron chi connectivity index (χ3n) is 4.33. The minimum Gasteiger partial charge on any atom is -0.494 e. The first-order valence-electron chi connectivity index (χ1n) is 7.03. The van der Waals surface area contributed by atoms with Crippen molar-refractivity contribution in [3.63, 3.8) is 0 Å². The number of rotatable bonds is 4. The summed E-state index contributed by atoms with van der Waals surface area (Å²) in [6.07, 6.45) is 3.83. The minimum atomic E-state index is 0.128. The molecular formula is C16H25NO. The van der Waals surface area contributed by atoms with Crippen LogP contribution in [-0.4, -0.2) is 6.61 Å². The second kappa shape index (κ2) is 5.31. The standard InChI is InChI=1S/C16H25NO/c1-4-18-13-8-5-7-12(11-13)15(17)14-9-6-10-16(14,2)3/h5,7-8,11,14-15H,4,6,9-10,17H2,1-3H3. The van der Waals surface area contributed by atoms with Crippen molar-refractivity contribution in [3.05, 3.63) is 29.8 Å². The molecule has 1 aliphatic rings. The van der Waals surface area contributed by atoms with E-state index >= 15 is 0 Å². The van der Waals surface area contributed by atoms with Gasteiger partial charge in [-0.1, -0.05) is 32.4 Å². The Morgan fingerprint density at radius 1 is 1.44 bits per heavy atom. The molecule has 0 saturated heterocycles. The van der Waals surface area contributed by atoms with Crippen LogP contribution in [0.5, 0.6) is 5.75 Å². The average Bonchev–Trinajstić information content (AvgIpc) is 2.69. The predicted octanol–water partition coefficient (Wildman–Crippen LogP) is 3.91. The van der Waals surface area contributed by atoms with Gasteiger partial charge in [0.2, 0.25) is 0 Å². The van der Waals surface area contributed by atoms with Crippen LogP contribution in [-0.2, 0) is 0 Å². The topological polar surface area (TPSA) is 35.2 Å². The first-order valence-corrected chi connectivity index (χ1v) is 7.03. The molecule has 2 rings (SSSR count). The highest BCUT2D eigenvalue weighted by Crippen LogP contribution is 2.47. The second-order valence-corrected chi connectivity index (χ2v) is 6.02. The van der Waals surface area contributed by atoms with Gasteiger partial charge in [0.25, 0.3) is 0 Å². The predicted molar refractivity (Wildman–Crippen MR) is 75.7 cm³/mol. The van der Waals surface area contributed by atoms with Gasteiger partial charge in [-0.15, -0.1) is 0 Å². The van der Waals surface area contributed by atoms with Crippen LogP contribution >= 0.6 is 0 Å². The highest BCUT2D eigenvalue weighted by atomic mass is 16.5. The summed E-state index contributed by atoms with van der Waals surface area (Å²) in [5, 5.41) is 0. The van der Waals surface area contributed by atoms with E-state index in [0.717, 1.165) is 5.75 Å². The summed E-state index contributed by atoms with van der Waals surface area (Å²) in [4.78, 5) is 0. The lowest BCUT2D eigenvalue weighted by atomic mass is 9.76. The zero-order valence-electron chi connectivity index (χ0n) is 11.8. The molecule has 0 amide bonds. The number of hydrogen-bond acceptors (Lipinski definition) is 2. The van der Waals surface area contributed by atoms with E-state index < -0.39 is 0 Å². The Bertz CT molecular complexity index is 400. The van der Waals surface area contributed by atoms with Crippen molar-refractivity contribution in [1.29, 1.82) is 0 Å². The molecule has 1 aromatic rings. The van der Waals surface area contributed by atoms with Crippen molar-refractivity contribution in [2.45, 2.75) is 46.1 Å². The smallest absolute Gasteiger partial charge is 0.119 e. The molecule has 1 saturated carbocycles. The summed E-state index contributed by atoms with van der Waals surface area (Å²) < 4.78 is 5.56. The van der Waals surface area contributed by atoms with E-state index in [1.165, 1.54) is 24.8 Å². The molecule has 0 bridgehead atoms. The Morgan fingerprint density at radius 3 is 2.83 bits per heavy atom. The maximum Gasteiger partial charge on any atom is 0.119 e. The molecule has 2 unspecified atom stereocenters. The molecule has 2 nitrogen and oxygen atoms in total. The molecule has 0 aromatic heterocycles. The monoisotopic (exact) mass is 247 g/mol. The zero-order chi connectivity index (χ0) is 13.2. The van der Waals surface area contributed by atoms with E-state index in [2.05, 4.69) is 26.0 Å². The van der Waals surface area contributed by atoms with Gasteiger partial charge >= 0.3 is 0 Å². The second-order valence-electron chi connectivity index (χ2n) is 6.02.